The average molecular weight is 343 g/mol. The molecule has 3 aromatic carbocycles. The SMILES string of the molecule is Cc1ccccc1[C@@H](Cc1ccc(C#N)cc1)c1ccc(F)cc1C=O. The summed E-state index contributed by atoms with van der Waals surface area (Å²) in [5.74, 6) is -0.498. The molecular formula is C23H18FNO. The van der Waals surface area contributed by atoms with E-state index in [2.05, 4.69) is 6.07 Å². The van der Waals surface area contributed by atoms with Crippen molar-refractivity contribution in [3.05, 3.63) is 106 Å². The average Bonchev–Trinajstić information content (AvgIpc) is 2.67. The van der Waals surface area contributed by atoms with Gasteiger partial charge in [-0.2, -0.15) is 5.26 Å². The van der Waals surface area contributed by atoms with Crippen LogP contribution in [0.3, 0.4) is 0 Å². The largest absolute Gasteiger partial charge is 0.298 e. The summed E-state index contributed by atoms with van der Waals surface area (Å²) in [4.78, 5) is 11.5. The first-order chi connectivity index (χ1) is 12.6. The van der Waals surface area contributed by atoms with Crippen molar-refractivity contribution >= 4 is 6.29 Å². The lowest BCUT2D eigenvalue weighted by Crippen LogP contribution is -2.10. The highest BCUT2D eigenvalue weighted by Gasteiger charge is 2.20. The van der Waals surface area contributed by atoms with Gasteiger partial charge in [0.1, 0.15) is 12.1 Å². The van der Waals surface area contributed by atoms with Gasteiger partial charge in [0.2, 0.25) is 0 Å². The predicted octanol–water partition coefficient (Wildman–Crippen LogP) is 5.19. The number of hydrogen-bond donors (Lipinski definition) is 0. The lowest BCUT2D eigenvalue weighted by atomic mass is 9.82. The van der Waals surface area contributed by atoms with Gasteiger partial charge in [-0.3, -0.25) is 4.79 Å². The third-order valence-electron chi connectivity index (χ3n) is 4.64. The summed E-state index contributed by atoms with van der Waals surface area (Å²) in [6, 6.07) is 21.9. The molecule has 2 nitrogen and oxygen atoms in total. The number of rotatable bonds is 5. The summed E-state index contributed by atoms with van der Waals surface area (Å²) in [6.45, 7) is 2.03. The van der Waals surface area contributed by atoms with Gasteiger partial charge in [0, 0.05) is 11.5 Å². The molecule has 0 saturated heterocycles. The van der Waals surface area contributed by atoms with Gasteiger partial charge in [-0.15, -0.1) is 0 Å². The van der Waals surface area contributed by atoms with E-state index in [4.69, 9.17) is 5.26 Å². The summed E-state index contributed by atoms with van der Waals surface area (Å²) in [5.41, 5.74) is 5.06. The number of benzene rings is 3. The minimum absolute atomic E-state index is 0.0788. The molecule has 0 aromatic heterocycles. The van der Waals surface area contributed by atoms with Crippen LogP contribution in [0.1, 0.15) is 44.1 Å². The zero-order valence-corrected chi connectivity index (χ0v) is 14.4. The molecule has 128 valence electrons. The molecule has 0 aliphatic carbocycles. The number of hydrogen-bond acceptors (Lipinski definition) is 2. The number of nitriles is 1. The van der Waals surface area contributed by atoms with Gasteiger partial charge in [-0.05, 0) is 59.9 Å². The molecule has 1 atom stereocenters. The Kier molecular flexibility index (Phi) is 5.24. The van der Waals surface area contributed by atoms with Gasteiger partial charge >= 0.3 is 0 Å². The number of aryl methyl sites for hydroxylation is 1. The van der Waals surface area contributed by atoms with E-state index in [0.29, 0.717) is 23.8 Å². The molecule has 0 bridgehead atoms. The Bertz CT molecular complexity index is 970. The van der Waals surface area contributed by atoms with E-state index in [-0.39, 0.29) is 5.92 Å². The fourth-order valence-corrected chi connectivity index (χ4v) is 3.28. The number of aldehydes is 1. The van der Waals surface area contributed by atoms with Crippen LogP contribution in [-0.4, -0.2) is 6.29 Å². The minimum atomic E-state index is -0.419. The molecule has 3 rings (SSSR count). The van der Waals surface area contributed by atoms with E-state index >= 15 is 0 Å². The lowest BCUT2D eigenvalue weighted by molar-refractivity contribution is 0.112. The van der Waals surface area contributed by atoms with Crippen molar-refractivity contribution in [1.82, 2.24) is 0 Å². The second kappa shape index (κ2) is 7.76. The van der Waals surface area contributed by atoms with E-state index in [9.17, 15) is 9.18 Å². The number of halogens is 1. The number of nitrogens with zero attached hydrogens (tertiary/aromatic N) is 1. The molecule has 0 saturated carbocycles. The molecule has 0 aliphatic rings. The second-order valence-corrected chi connectivity index (χ2v) is 6.31. The first-order valence-electron chi connectivity index (χ1n) is 8.41. The van der Waals surface area contributed by atoms with Crippen LogP contribution in [0.4, 0.5) is 4.39 Å². The molecule has 0 N–H and O–H groups in total. The van der Waals surface area contributed by atoms with Crippen molar-refractivity contribution < 1.29 is 9.18 Å². The summed E-state index contributed by atoms with van der Waals surface area (Å²) < 4.78 is 13.6. The molecule has 3 heteroatoms. The van der Waals surface area contributed by atoms with Crippen LogP contribution >= 0.6 is 0 Å². The van der Waals surface area contributed by atoms with Crippen molar-refractivity contribution in [2.75, 3.05) is 0 Å². The molecule has 0 radical (unpaired) electrons. The summed E-state index contributed by atoms with van der Waals surface area (Å²) in [7, 11) is 0. The smallest absolute Gasteiger partial charge is 0.150 e. The Morgan fingerprint density at radius 2 is 1.77 bits per heavy atom. The molecule has 0 fully saturated rings. The first kappa shape index (κ1) is 17.6. The van der Waals surface area contributed by atoms with E-state index in [1.165, 1.54) is 12.1 Å². The Morgan fingerprint density at radius 3 is 2.42 bits per heavy atom. The molecule has 0 heterocycles. The molecule has 3 aromatic rings. The van der Waals surface area contributed by atoms with Gasteiger partial charge in [0.05, 0.1) is 11.6 Å². The Balaban J connectivity index is 2.09. The van der Waals surface area contributed by atoms with Crippen molar-refractivity contribution in [2.24, 2.45) is 0 Å². The Morgan fingerprint density at radius 1 is 1.04 bits per heavy atom. The van der Waals surface area contributed by atoms with Crippen molar-refractivity contribution in [2.45, 2.75) is 19.3 Å². The number of carbonyl (C=O) groups is 1. The van der Waals surface area contributed by atoms with Gasteiger partial charge < -0.3 is 0 Å². The van der Waals surface area contributed by atoms with Crippen LogP contribution in [0.2, 0.25) is 0 Å². The summed E-state index contributed by atoms with van der Waals surface area (Å²) >= 11 is 0. The van der Waals surface area contributed by atoms with Crippen LogP contribution in [0.5, 0.6) is 0 Å². The van der Waals surface area contributed by atoms with Crippen LogP contribution in [0.15, 0.2) is 66.7 Å². The highest BCUT2D eigenvalue weighted by atomic mass is 19.1. The quantitative estimate of drug-likeness (QED) is 0.598. The second-order valence-electron chi connectivity index (χ2n) is 6.31. The standard InChI is InChI=1S/C23H18FNO/c1-16-4-2-3-5-21(16)23(12-17-6-8-18(14-25)9-7-17)22-11-10-20(24)13-19(22)15-26/h2-11,13,15,23H,12H2,1H3/t23-/m1/s1. The summed E-state index contributed by atoms with van der Waals surface area (Å²) in [5, 5.41) is 8.97. The highest BCUT2D eigenvalue weighted by Crippen LogP contribution is 2.32. The van der Waals surface area contributed by atoms with Crippen molar-refractivity contribution in [3.63, 3.8) is 0 Å². The normalized spacial score (nSPS) is 11.6. The topological polar surface area (TPSA) is 40.9 Å². The van der Waals surface area contributed by atoms with Gasteiger partial charge in [0.15, 0.2) is 0 Å². The van der Waals surface area contributed by atoms with E-state index in [0.717, 1.165) is 22.3 Å². The van der Waals surface area contributed by atoms with E-state index in [1.54, 1.807) is 18.2 Å². The first-order valence-corrected chi connectivity index (χ1v) is 8.41. The molecular weight excluding hydrogens is 325 g/mol. The molecule has 0 spiro atoms. The predicted molar refractivity (Wildman–Crippen MR) is 99.7 cm³/mol. The van der Waals surface area contributed by atoms with E-state index in [1.807, 2.05) is 43.3 Å². The summed E-state index contributed by atoms with van der Waals surface area (Å²) in [6.07, 6.45) is 1.37. The zero-order chi connectivity index (χ0) is 18.5. The molecule has 0 unspecified atom stereocenters. The van der Waals surface area contributed by atoms with Crippen LogP contribution < -0.4 is 0 Å². The monoisotopic (exact) mass is 343 g/mol. The van der Waals surface area contributed by atoms with Crippen LogP contribution in [-0.2, 0) is 6.42 Å². The molecule has 0 amide bonds. The van der Waals surface area contributed by atoms with Gasteiger partial charge in [0.25, 0.3) is 0 Å². The lowest BCUT2D eigenvalue weighted by Gasteiger charge is -2.22. The van der Waals surface area contributed by atoms with Gasteiger partial charge in [-0.25, -0.2) is 4.39 Å². The highest BCUT2D eigenvalue weighted by molar-refractivity contribution is 5.78. The third kappa shape index (κ3) is 3.70. The maximum atomic E-state index is 13.6. The minimum Gasteiger partial charge on any atom is -0.298 e. The third-order valence-corrected chi connectivity index (χ3v) is 4.64. The van der Waals surface area contributed by atoms with Crippen LogP contribution in [0, 0.1) is 24.1 Å². The maximum absolute atomic E-state index is 13.6. The fourth-order valence-electron chi connectivity index (χ4n) is 3.28. The van der Waals surface area contributed by atoms with Crippen molar-refractivity contribution in [3.8, 4) is 6.07 Å². The van der Waals surface area contributed by atoms with Crippen molar-refractivity contribution in [1.29, 1.82) is 5.26 Å². The van der Waals surface area contributed by atoms with Gasteiger partial charge in [-0.1, -0.05) is 42.5 Å². The molecule has 26 heavy (non-hydrogen) atoms. The Hall–Kier alpha value is -3.25. The Labute approximate surface area is 152 Å². The molecule has 0 aliphatic heterocycles. The zero-order valence-electron chi connectivity index (χ0n) is 14.4. The van der Waals surface area contributed by atoms with Crippen LogP contribution in [0.25, 0.3) is 0 Å². The maximum Gasteiger partial charge on any atom is 0.150 e. The number of carbonyl (C=O) groups excluding carboxylic acids is 1. The fraction of sp³-hybridized carbons (Fsp3) is 0.130. The van der Waals surface area contributed by atoms with E-state index < -0.39 is 5.82 Å².